The van der Waals surface area contributed by atoms with Crippen LogP contribution in [0.5, 0.6) is 5.75 Å². The van der Waals surface area contributed by atoms with Crippen LogP contribution >= 0.6 is 11.8 Å². The van der Waals surface area contributed by atoms with E-state index in [1.165, 1.54) is 11.8 Å². The van der Waals surface area contributed by atoms with Crippen molar-refractivity contribution in [3.8, 4) is 11.4 Å². The van der Waals surface area contributed by atoms with Gasteiger partial charge in [-0.1, -0.05) is 61.5 Å². The molecule has 1 heterocycles. The van der Waals surface area contributed by atoms with Crippen LogP contribution in [0.1, 0.15) is 46.7 Å². The summed E-state index contributed by atoms with van der Waals surface area (Å²) in [5.74, 6) is 1.09. The molecule has 1 aromatic heterocycles. The highest BCUT2D eigenvalue weighted by molar-refractivity contribution is 7.99. The Hall–Kier alpha value is -4.11. The Morgan fingerprint density at radius 1 is 0.923 bits per heavy atom. The molecule has 4 aromatic rings. The number of amides is 2. The smallest absolute Gasteiger partial charge is 0.251 e. The average Bonchev–Trinajstić information content (AvgIpc) is 3.37. The van der Waals surface area contributed by atoms with Crippen LogP contribution in [0.15, 0.2) is 71.9 Å². The van der Waals surface area contributed by atoms with Gasteiger partial charge < -0.3 is 15.4 Å². The highest BCUT2D eigenvalue weighted by Gasteiger charge is 2.21. The van der Waals surface area contributed by atoms with Gasteiger partial charge in [0, 0.05) is 11.3 Å². The first-order valence-electron chi connectivity index (χ1n) is 12.9. The number of aryl methyl sites for hydroxylation is 3. The first-order chi connectivity index (χ1) is 18.9. The fraction of sp³-hybridized carbons (Fsp3) is 0.267. The zero-order valence-electron chi connectivity index (χ0n) is 22.7. The largest absolute Gasteiger partial charge is 0.497 e. The van der Waals surface area contributed by atoms with Crippen LogP contribution in [-0.2, 0) is 24.2 Å². The summed E-state index contributed by atoms with van der Waals surface area (Å²) in [7, 11) is 1.59. The fourth-order valence-corrected chi connectivity index (χ4v) is 4.96. The molecule has 0 unspecified atom stereocenters. The molecule has 0 fully saturated rings. The van der Waals surface area contributed by atoms with Gasteiger partial charge in [0.25, 0.3) is 5.91 Å². The van der Waals surface area contributed by atoms with Crippen molar-refractivity contribution in [2.45, 2.75) is 45.3 Å². The SMILES string of the molecule is CCc1cccc(CC)c1-n1c(CNC(=O)c2ccc(OC)cc2)nnc1SCC(=O)Nc1ccc(C)cc1. The zero-order valence-corrected chi connectivity index (χ0v) is 23.5. The molecule has 0 aliphatic heterocycles. The average molecular weight is 544 g/mol. The molecule has 9 heteroatoms. The Bertz CT molecular complexity index is 1410. The van der Waals surface area contributed by atoms with E-state index in [0.717, 1.165) is 40.9 Å². The van der Waals surface area contributed by atoms with Gasteiger partial charge in [-0.15, -0.1) is 10.2 Å². The lowest BCUT2D eigenvalue weighted by Crippen LogP contribution is -2.25. The summed E-state index contributed by atoms with van der Waals surface area (Å²) in [4.78, 5) is 25.6. The summed E-state index contributed by atoms with van der Waals surface area (Å²) in [6.07, 6.45) is 1.63. The van der Waals surface area contributed by atoms with Crippen molar-refractivity contribution in [1.82, 2.24) is 20.1 Å². The molecule has 202 valence electrons. The first kappa shape index (κ1) is 27.9. The number of nitrogens with zero attached hydrogens (tertiary/aromatic N) is 3. The monoisotopic (exact) mass is 543 g/mol. The lowest BCUT2D eigenvalue weighted by atomic mass is 10.0. The number of rotatable bonds is 11. The van der Waals surface area contributed by atoms with Crippen molar-refractivity contribution >= 4 is 29.3 Å². The summed E-state index contributed by atoms with van der Waals surface area (Å²) in [6, 6.07) is 20.8. The van der Waals surface area contributed by atoms with E-state index in [4.69, 9.17) is 4.74 Å². The van der Waals surface area contributed by atoms with Crippen LogP contribution in [0.4, 0.5) is 5.69 Å². The lowest BCUT2D eigenvalue weighted by molar-refractivity contribution is -0.113. The van der Waals surface area contributed by atoms with Gasteiger partial charge in [-0.3, -0.25) is 14.2 Å². The highest BCUT2D eigenvalue weighted by Crippen LogP contribution is 2.28. The molecule has 8 nitrogen and oxygen atoms in total. The third-order valence-electron chi connectivity index (χ3n) is 6.32. The first-order valence-corrected chi connectivity index (χ1v) is 13.9. The number of hydrogen-bond acceptors (Lipinski definition) is 6. The Morgan fingerprint density at radius 3 is 2.21 bits per heavy atom. The van der Waals surface area contributed by atoms with E-state index in [1.807, 2.05) is 35.8 Å². The number of benzene rings is 3. The number of carbonyl (C=O) groups is 2. The molecule has 0 saturated carbocycles. The van der Waals surface area contributed by atoms with E-state index in [2.05, 4.69) is 52.9 Å². The Labute approximate surface area is 233 Å². The molecule has 4 rings (SSSR count). The predicted molar refractivity (Wildman–Crippen MR) is 155 cm³/mol. The molecule has 3 aromatic carbocycles. The second-order valence-electron chi connectivity index (χ2n) is 8.98. The second-order valence-corrected chi connectivity index (χ2v) is 9.92. The van der Waals surface area contributed by atoms with Crippen LogP contribution in [-0.4, -0.2) is 39.4 Å². The summed E-state index contributed by atoms with van der Waals surface area (Å²) < 4.78 is 7.16. The van der Waals surface area contributed by atoms with Crippen LogP contribution in [0, 0.1) is 6.92 Å². The van der Waals surface area contributed by atoms with E-state index >= 15 is 0 Å². The van der Waals surface area contributed by atoms with E-state index in [9.17, 15) is 9.59 Å². The van der Waals surface area contributed by atoms with Gasteiger partial charge in [-0.05, 0) is 67.3 Å². The van der Waals surface area contributed by atoms with E-state index in [1.54, 1.807) is 31.4 Å². The van der Waals surface area contributed by atoms with Crippen molar-refractivity contribution in [1.29, 1.82) is 0 Å². The molecular formula is C30H33N5O3S. The van der Waals surface area contributed by atoms with Crippen molar-refractivity contribution < 1.29 is 14.3 Å². The molecule has 2 N–H and O–H groups in total. The maximum atomic E-state index is 12.9. The minimum absolute atomic E-state index is 0.132. The number of carbonyl (C=O) groups excluding carboxylic acids is 2. The number of ether oxygens (including phenoxy) is 1. The molecule has 0 saturated heterocycles. The maximum absolute atomic E-state index is 12.9. The van der Waals surface area contributed by atoms with Gasteiger partial charge in [-0.25, -0.2) is 0 Å². The van der Waals surface area contributed by atoms with Gasteiger partial charge in [0.1, 0.15) is 5.75 Å². The predicted octanol–water partition coefficient (Wildman–Crippen LogP) is 5.37. The molecular weight excluding hydrogens is 510 g/mol. The number of para-hydroxylation sites is 1. The Kier molecular flexibility index (Phi) is 9.38. The molecule has 0 bridgehead atoms. The third kappa shape index (κ3) is 6.86. The quantitative estimate of drug-likeness (QED) is 0.247. The molecule has 39 heavy (non-hydrogen) atoms. The van der Waals surface area contributed by atoms with Crippen molar-refractivity contribution in [2.24, 2.45) is 0 Å². The number of thioether (sulfide) groups is 1. The standard InChI is InChI=1S/C30H33N5O3S/c1-5-21-8-7-9-22(6-2)28(21)35-26(18-31-29(37)23-12-16-25(38-4)17-13-23)33-34-30(35)39-19-27(36)32-24-14-10-20(3)11-15-24/h7-17H,5-6,18-19H2,1-4H3,(H,31,37)(H,32,36). The summed E-state index contributed by atoms with van der Waals surface area (Å²) in [5.41, 5.74) is 5.68. The molecule has 0 radical (unpaired) electrons. The minimum Gasteiger partial charge on any atom is -0.497 e. The maximum Gasteiger partial charge on any atom is 0.251 e. The Balaban J connectivity index is 1.59. The minimum atomic E-state index is -0.224. The van der Waals surface area contributed by atoms with Crippen LogP contribution in [0.2, 0.25) is 0 Å². The van der Waals surface area contributed by atoms with E-state index in [0.29, 0.717) is 22.3 Å². The number of hydrogen-bond donors (Lipinski definition) is 2. The summed E-state index contributed by atoms with van der Waals surface area (Å²) in [6.45, 7) is 6.39. The molecule has 0 aliphatic rings. The van der Waals surface area contributed by atoms with Gasteiger partial charge in [0.2, 0.25) is 5.91 Å². The molecule has 0 spiro atoms. The topological polar surface area (TPSA) is 98.1 Å². The van der Waals surface area contributed by atoms with Crippen LogP contribution in [0.25, 0.3) is 5.69 Å². The van der Waals surface area contributed by atoms with Gasteiger partial charge >= 0.3 is 0 Å². The Morgan fingerprint density at radius 2 is 1.59 bits per heavy atom. The molecule has 0 aliphatic carbocycles. The van der Waals surface area contributed by atoms with Crippen molar-refractivity contribution in [3.05, 3.63) is 94.8 Å². The van der Waals surface area contributed by atoms with Gasteiger partial charge in [-0.2, -0.15) is 0 Å². The lowest BCUT2D eigenvalue weighted by Gasteiger charge is -2.18. The number of methoxy groups -OCH3 is 1. The van der Waals surface area contributed by atoms with Gasteiger partial charge in [0.15, 0.2) is 11.0 Å². The summed E-state index contributed by atoms with van der Waals surface area (Å²) >= 11 is 1.32. The summed E-state index contributed by atoms with van der Waals surface area (Å²) in [5, 5.41) is 15.4. The van der Waals surface area contributed by atoms with E-state index < -0.39 is 0 Å². The second kappa shape index (κ2) is 13.1. The van der Waals surface area contributed by atoms with Crippen molar-refractivity contribution in [2.75, 3.05) is 18.2 Å². The number of nitrogens with one attached hydrogen (secondary N) is 2. The third-order valence-corrected chi connectivity index (χ3v) is 7.24. The van der Waals surface area contributed by atoms with Crippen LogP contribution in [0.3, 0.4) is 0 Å². The van der Waals surface area contributed by atoms with Crippen molar-refractivity contribution in [3.63, 3.8) is 0 Å². The fourth-order valence-electron chi connectivity index (χ4n) is 4.20. The van der Waals surface area contributed by atoms with E-state index in [-0.39, 0.29) is 24.1 Å². The molecule has 0 atom stereocenters. The number of aromatic nitrogens is 3. The van der Waals surface area contributed by atoms with Gasteiger partial charge in [0.05, 0.1) is 25.1 Å². The zero-order chi connectivity index (χ0) is 27.8. The normalized spacial score (nSPS) is 10.8. The number of anilines is 1. The molecule has 2 amide bonds. The van der Waals surface area contributed by atoms with Crippen LogP contribution < -0.4 is 15.4 Å². The highest BCUT2D eigenvalue weighted by atomic mass is 32.2.